The van der Waals surface area contributed by atoms with Gasteiger partial charge in [-0.05, 0) is 88.0 Å². The van der Waals surface area contributed by atoms with Crippen molar-refractivity contribution in [1.82, 2.24) is 24.6 Å². The molecule has 8 heteroatoms. The number of H-pyrrole nitrogens is 1. The molecule has 3 aromatic rings. The molecule has 1 aliphatic carbocycles. The molecule has 7 nitrogen and oxygen atoms in total. The molecule has 1 atom stereocenters. The maximum Gasteiger partial charge on any atom is 0.255 e. The molecule has 1 saturated heterocycles. The first-order valence-electron chi connectivity index (χ1n) is 14.5. The Kier molecular flexibility index (Phi) is 7.04. The molecule has 0 bridgehead atoms. The Bertz CT molecular complexity index is 1440. The van der Waals surface area contributed by atoms with E-state index in [0.717, 1.165) is 36.3 Å². The van der Waals surface area contributed by atoms with E-state index in [2.05, 4.69) is 46.6 Å². The number of hydrogen-bond donors (Lipinski definition) is 1. The summed E-state index contributed by atoms with van der Waals surface area (Å²) in [5, 5.41) is 4.51. The van der Waals surface area contributed by atoms with Gasteiger partial charge >= 0.3 is 0 Å². The first kappa shape index (κ1) is 26.5. The predicted molar refractivity (Wildman–Crippen MR) is 156 cm³/mol. The lowest BCUT2D eigenvalue weighted by Crippen LogP contribution is -2.53. The topological polar surface area (TPSA) is 74.2 Å². The van der Waals surface area contributed by atoms with Crippen LogP contribution in [0.25, 0.3) is 0 Å². The molecule has 0 aromatic carbocycles. The molecule has 0 unspecified atom stereocenters. The molecule has 3 aromatic heterocycles. The van der Waals surface area contributed by atoms with Crippen molar-refractivity contribution in [2.45, 2.75) is 91.3 Å². The number of nitrogens with zero attached hydrogens (tertiary/aromatic N) is 4. The summed E-state index contributed by atoms with van der Waals surface area (Å²) in [5.74, 6) is 1.23. The van der Waals surface area contributed by atoms with Gasteiger partial charge < -0.3 is 9.88 Å². The van der Waals surface area contributed by atoms with Crippen LogP contribution in [0.3, 0.4) is 0 Å². The van der Waals surface area contributed by atoms with E-state index < -0.39 is 0 Å². The standard InChI is InChI=1S/C31H41N5O2S/c1-18-13-32-36(14-18)25-15-35(16-25)24-8-6-23(7-9-24)21(4)29-22(5)28-27(39-29)10-11-34(31(28)38)17-26-19(2)12-20(3)33-30(26)37/h12-14,21,23-25H,6-11,15-17H2,1-5H3,(H,33,37)/t21-,23-,24-/m1/s1. The second-order valence-corrected chi connectivity index (χ2v) is 13.4. The molecule has 2 aliphatic heterocycles. The second-order valence-electron chi connectivity index (χ2n) is 12.3. The summed E-state index contributed by atoms with van der Waals surface area (Å²) >= 11 is 1.87. The van der Waals surface area contributed by atoms with E-state index in [1.165, 1.54) is 46.6 Å². The number of aryl methyl sites for hydroxylation is 3. The fourth-order valence-electron chi connectivity index (χ4n) is 7.17. The van der Waals surface area contributed by atoms with Crippen LogP contribution in [-0.2, 0) is 13.0 Å². The molecule has 5 heterocycles. The van der Waals surface area contributed by atoms with Crippen LogP contribution in [0.15, 0.2) is 23.3 Å². The third-order valence-electron chi connectivity index (χ3n) is 9.58. The van der Waals surface area contributed by atoms with Crippen molar-refractivity contribution in [2.75, 3.05) is 19.6 Å². The number of thiophene rings is 1. The highest BCUT2D eigenvalue weighted by atomic mass is 32.1. The van der Waals surface area contributed by atoms with Crippen LogP contribution in [0, 0.1) is 33.6 Å². The minimum Gasteiger partial charge on any atom is -0.334 e. The highest BCUT2D eigenvalue weighted by Gasteiger charge is 2.38. The summed E-state index contributed by atoms with van der Waals surface area (Å²) in [7, 11) is 0. The van der Waals surface area contributed by atoms with Gasteiger partial charge in [-0.3, -0.25) is 19.2 Å². The van der Waals surface area contributed by atoms with Gasteiger partial charge in [0.25, 0.3) is 11.5 Å². The highest BCUT2D eigenvalue weighted by molar-refractivity contribution is 7.12. The molecule has 39 heavy (non-hydrogen) atoms. The van der Waals surface area contributed by atoms with Crippen molar-refractivity contribution in [3.8, 4) is 0 Å². The molecule has 3 aliphatic rings. The number of nitrogens with one attached hydrogen (secondary N) is 1. The van der Waals surface area contributed by atoms with Crippen LogP contribution in [-0.4, -0.2) is 56.1 Å². The summed E-state index contributed by atoms with van der Waals surface area (Å²) in [4.78, 5) is 36.3. The van der Waals surface area contributed by atoms with Crippen LogP contribution in [0.2, 0.25) is 0 Å². The highest BCUT2D eigenvalue weighted by Crippen LogP contribution is 2.44. The summed E-state index contributed by atoms with van der Waals surface area (Å²) in [6.45, 7) is 13.8. The summed E-state index contributed by atoms with van der Waals surface area (Å²) < 4.78 is 2.14. The van der Waals surface area contributed by atoms with E-state index in [0.29, 0.717) is 42.6 Å². The maximum atomic E-state index is 13.6. The average molecular weight is 548 g/mol. The number of amides is 1. The third-order valence-corrected chi connectivity index (χ3v) is 11.1. The second kappa shape index (κ2) is 10.4. The Labute approximate surface area is 235 Å². The lowest BCUT2D eigenvalue weighted by Gasteiger charge is -2.47. The lowest BCUT2D eigenvalue weighted by atomic mass is 9.76. The minimum absolute atomic E-state index is 0.0803. The molecule has 1 amide bonds. The first-order chi connectivity index (χ1) is 18.7. The molecule has 208 valence electrons. The Hall–Kier alpha value is -2.71. The number of rotatable bonds is 6. The number of hydrogen-bond acceptors (Lipinski definition) is 5. The van der Waals surface area contributed by atoms with Gasteiger partial charge in [0.15, 0.2) is 0 Å². The minimum atomic E-state index is -0.0803. The van der Waals surface area contributed by atoms with Crippen molar-refractivity contribution in [2.24, 2.45) is 5.92 Å². The van der Waals surface area contributed by atoms with Gasteiger partial charge in [-0.25, -0.2) is 0 Å². The Balaban J connectivity index is 1.09. The van der Waals surface area contributed by atoms with Gasteiger partial charge in [0.1, 0.15) is 0 Å². The van der Waals surface area contributed by atoms with E-state index in [-0.39, 0.29) is 11.5 Å². The molecule has 6 rings (SSSR count). The number of likely N-dealkylation sites (tertiary alicyclic amines) is 1. The maximum absolute atomic E-state index is 13.6. The SMILES string of the molecule is Cc1cnn(C2CN([C@H]3CC[C@H]([C@@H](C)c4sc5c(c4C)C(=O)N(Cc4c(C)cc(C)[nH]c4=O)CC5)CC3)C2)c1. The van der Waals surface area contributed by atoms with E-state index in [4.69, 9.17) is 0 Å². The average Bonchev–Trinajstić information content (AvgIpc) is 3.45. The van der Waals surface area contributed by atoms with Crippen molar-refractivity contribution in [1.29, 1.82) is 0 Å². The first-order valence-corrected chi connectivity index (χ1v) is 15.4. The smallest absolute Gasteiger partial charge is 0.255 e. The van der Waals surface area contributed by atoms with Gasteiger partial charge in [-0.2, -0.15) is 5.10 Å². The van der Waals surface area contributed by atoms with Gasteiger partial charge in [-0.1, -0.05) is 6.92 Å². The quantitative estimate of drug-likeness (QED) is 0.456. The fourth-order valence-corrected chi connectivity index (χ4v) is 8.60. The number of fused-ring (bicyclic) bond motifs is 1. The van der Waals surface area contributed by atoms with Crippen molar-refractivity contribution < 1.29 is 4.79 Å². The number of aromatic nitrogens is 3. The number of pyridine rings is 1. The van der Waals surface area contributed by atoms with Crippen molar-refractivity contribution in [3.05, 3.63) is 72.1 Å². The molecule has 0 spiro atoms. The Morgan fingerprint density at radius 2 is 1.82 bits per heavy atom. The van der Waals surface area contributed by atoms with Crippen LogP contribution in [0.4, 0.5) is 0 Å². The van der Waals surface area contributed by atoms with Gasteiger partial charge in [0.2, 0.25) is 0 Å². The Morgan fingerprint density at radius 3 is 2.49 bits per heavy atom. The van der Waals surface area contributed by atoms with E-state index in [9.17, 15) is 9.59 Å². The summed E-state index contributed by atoms with van der Waals surface area (Å²) in [6, 6.07) is 3.21. The fraction of sp³-hybridized carbons (Fsp3) is 0.581. The molecule has 1 saturated carbocycles. The van der Waals surface area contributed by atoms with Gasteiger partial charge in [0, 0.05) is 59.3 Å². The van der Waals surface area contributed by atoms with E-state index in [1.807, 2.05) is 42.3 Å². The monoisotopic (exact) mass is 547 g/mol. The molecular weight excluding hydrogens is 506 g/mol. The van der Waals surface area contributed by atoms with Crippen molar-refractivity contribution >= 4 is 17.2 Å². The Morgan fingerprint density at radius 1 is 1.08 bits per heavy atom. The van der Waals surface area contributed by atoms with Crippen molar-refractivity contribution in [3.63, 3.8) is 0 Å². The van der Waals surface area contributed by atoms with Crippen LogP contribution < -0.4 is 5.56 Å². The molecule has 1 N–H and O–H groups in total. The largest absolute Gasteiger partial charge is 0.334 e. The van der Waals surface area contributed by atoms with E-state index in [1.54, 1.807) is 0 Å². The zero-order valence-corrected chi connectivity index (χ0v) is 24.7. The zero-order chi connectivity index (χ0) is 27.4. The number of carbonyl (C=O) groups excluding carboxylic acids is 1. The summed E-state index contributed by atoms with van der Waals surface area (Å²) in [6.07, 6.45) is 10.0. The summed E-state index contributed by atoms with van der Waals surface area (Å²) in [5.41, 5.74) is 5.74. The normalized spacial score (nSPS) is 23.1. The molecule has 0 radical (unpaired) electrons. The lowest BCUT2D eigenvalue weighted by molar-refractivity contribution is 0.0269. The van der Waals surface area contributed by atoms with Crippen LogP contribution >= 0.6 is 11.3 Å². The third kappa shape index (κ3) is 4.91. The van der Waals surface area contributed by atoms with Crippen LogP contribution in [0.1, 0.15) is 92.6 Å². The molecular formula is C31H41N5O2S. The van der Waals surface area contributed by atoms with Crippen LogP contribution in [0.5, 0.6) is 0 Å². The zero-order valence-electron chi connectivity index (χ0n) is 23.9. The van der Waals surface area contributed by atoms with Gasteiger partial charge in [0.05, 0.1) is 24.3 Å². The molecule has 2 fully saturated rings. The number of carbonyl (C=O) groups is 1. The predicted octanol–water partition coefficient (Wildman–Crippen LogP) is 5.28. The van der Waals surface area contributed by atoms with Gasteiger partial charge in [-0.15, -0.1) is 11.3 Å². The van der Waals surface area contributed by atoms with E-state index >= 15 is 0 Å². The number of aromatic amines is 1.